The lowest BCUT2D eigenvalue weighted by Gasteiger charge is -2.18. The number of rotatable bonds is 2. The van der Waals surface area contributed by atoms with E-state index in [2.05, 4.69) is 0 Å². The van der Waals surface area contributed by atoms with Gasteiger partial charge in [0, 0.05) is 19.2 Å². The van der Waals surface area contributed by atoms with Gasteiger partial charge in [0.05, 0.1) is 28.8 Å². The molecule has 3 heterocycles. The Morgan fingerprint density at radius 1 is 1.29 bits per heavy atom. The van der Waals surface area contributed by atoms with E-state index in [0.29, 0.717) is 21.3 Å². The van der Waals surface area contributed by atoms with Crippen molar-refractivity contribution in [1.29, 1.82) is 0 Å². The van der Waals surface area contributed by atoms with Crippen molar-refractivity contribution in [3.63, 3.8) is 0 Å². The molecular formula is C17H16N2O3S2. The van der Waals surface area contributed by atoms with Gasteiger partial charge in [-0.3, -0.25) is 14.5 Å². The van der Waals surface area contributed by atoms with Crippen LogP contribution in [0.3, 0.4) is 0 Å². The summed E-state index contributed by atoms with van der Waals surface area (Å²) in [5.41, 5.74) is 2.07. The number of thiocarbonyl (C=S) groups is 1. The lowest BCUT2D eigenvalue weighted by Crippen LogP contribution is -2.35. The van der Waals surface area contributed by atoms with Gasteiger partial charge in [0.2, 0.25) is 0 Å². The number of benzene rings is 1. The van der Waals surface area contributed by atoms with Crippen LogP contribution in [0.4, 0.5) is 5.69 Å². The number of fused-ring (bicyclic) bond motifs is 1. The Morgan fingerprint density at radius 2 is 2.08 bits per heavy atom. The lowest BCUT2D eigenvalue weighted by atomic mass is 10.1. The van der Waals surface area contributed by atoms with Crippen LogP contribution in [-0.2, 0) is 14.3 Å². The number of anilines is 1. The fourth-order valence-corrected chi connectivity index (χ4v) is 4.63. The van der Waals surface area contributed by atoms with Crippen molar-refractivity contribution in [2.75, 3.05) is 25.1 Å². The molecule has 2 amide bonds. The van der Waals surface area contributed by atoms with Gasteiger partial charge >= 0.3 is 0 Å². The van der Waals surface area contributed by atoms with Gasteiger partial charge in [0.25, 0.3) is 11.8 Å². The molecule has 2 fully saturated rings. The average Bonchev–Trinajstić information content (AvgIpc) is 3.25. The highest BCUT2D eigenvalue weighted by Gasteiger charge is 2.41. The molecule has 7 heteroatoms. The second-order valence-corrected chi connectivity index (χ2v) is 7.65. The quantitative estimate of drug-likeness (QED) is 0.599. The molecule has 2 saturated heterocycles. The predicted octanol–water partition coefficient (Wildman–Crippen LogP) is 2.41. The van der Waals surface area contributed by atoms with E-state index >= 15 is 0 Å². The maximum absolute atomic E-state index is 12.9. The molecule has 124 valence electrons. The summed E-state index contributed by atoms with van der Waals surface area (Å²) in [6.45, 7) is 1.20. The third-order valence-corrected chi connectivity index (χ3v) is 5.99. The molecule has 0 spiro atoms. The largest absolute Gasteiger partial charge is 0.376 e. The fourth-order valence-electron chi connectivity index (χ4n) is 3.29. The van der Waals surface area contributed by atoms with E-state index in [1.54, 1.807) is 16.8 Å². The summed E-state index contributed by atoms with van der Waals surface area (Å²) < 4.78 is 6.11. The van der Waals surface area contributed by atoms with Crippen molar-refractivity contribution in [2.24, 2.45) is 0 Å². The van der Waals surface area contributed by atoms with Crippen molar-refractivity contribution < 1.29 is 14.3 Å². The lowest BCUT2D eigenvalue weighted by molar-refractivity contribution is -0.123. The van der Waals surface area contributed by atoms with Crippen molar-refractivity contribution >= 4 is 51.4 Å². The predicted molar refractivity (Wildman–Crippen MR) is 97.6 cm³/mol. The average molecular weight is 360 g/mol. The van der Waals surface area contributed by atoms with Gasteiger partial charge in [0.1, 0.15) is 4.32 Å². The van der Waals surface area contributed by atoms with E-state index in [9.17, 15) is 9.59 Å². The van der Waals surface area contributed by atoms with E-state index in [4.69, 9.17) is 17.0 Å². The molecule has 24 heavy (non-hydrogen) atoms. The Labute approximate surface area is 149 Å². The number of thioether (sulfide) groups is 1. The zero-order valence-electron chi connectivity index (χ0n) is 13.2. The first-order valence-electron chi connectivity index (χ1n) is 7.85. The Kier molecular flexibility index (Phi) is 3.94. The fraction of sp³-hybridized carbons (Fsp3) is 0.353. The minimum atomic E-state index is -0.186. The van der Waals surface area contributed by atoms with Gasteiger partial charge in [-0.2, -0.15) is 0 Å². The maximum Gasteiger partial charge on any atom is 0.267 e. The van der Waals surface area contributed by atoms with E-state index in [0.717, 1.165) is 30.7 Å². The number of amides is 2. The molecule has 0 bridgehead atoms. The highest BCUT2D eigenvalue weighted by Crippen LogP contribution is 2.44. The third-order valence-electron chi connectivity index (χ3n) is 4.54. The van der Waals surface area contributed by atoms with Crippen LogP contribution in [0.2, 0.25) is 0 Å². The van der Waals surface area contributed by atoms with Crippen molar-refractivity contribution in [2.45, 2.75) is 18.9 Å². The van der Waals surface area contributed by atoms with Crippen LogP contribution >= 0.6 is 24.0 Å². The second kappa shape index (κ2) is 5.98. The molecular weight excluding hydrogens is 344 g/mol. The van der Waals surface area contributed by atoms with Crippen LogP contribution in [0.15, 0.2) is 29.2 Å². The summed E-state index contributed by atoms with van der Waals surface area (Å²) in [6, 6.07) is 7.51. The second-order valence-electron chi connectivity index (χ2n) is 6.00. The number of nitrogens with zero attached hydrogens (tertiary/aromatic N) is 2. The minimum Gasteiger partial charge on any atom is -0.376 e. The van der Waals surface area contributed by atoms with Crippen LogP contribution in [0, 0.1) is 0 Å². The number of hydrogen-bond acceptors (Lipinski definition) is 5. The van der Waals surface area contributed by atoms with Crippen LogP contribution in [0.5, 0.6) is 0 Å². The van der Waals surface area contributed by atoms with Crippen LogP contribution in [-0.4, -0.2) is 47.3 Å². The number of ether oxygens (including phenoxy) is 1. The van der Waals surface area contributed by atoms with Crippen molar-refractivity contribution in [1.82, 2.24) is 4.90 Å². The molecule has 0 radical (unpaired) electrons. The monoisotopic (exact) mass is 360 g/mol. The zero-order valence-corrected chi connectivity index (χ0v) is 14.8. The third kappa shape index (κ3) is 2.39. The molecule has 0 aromatic heterocycles. The Hall–Kier alpha value is -1.70. The molecule has 3 aliphatic heterocycles. The maximum atomic E-state index is 12.9. The Bertz CT molecular complexity index is 784. The summed E-state index contributed by atoms with van der Waals surface area (Å²) in [7, 11) is 1.72. The highest BCUT2D eigenvalue weighted by atomic mass is 32.2. The molecule has 4 rings (SSSR count). The SMILES string of the molecule is CN1C(=O)/C(=C2/SC(=S)N(CC3CCCO3)C2=O)c2ccccc21. The van der Waals surface area contributed by atoms with Gasteiger partial charge in [-0.1, -0.05) is 42.2 Å². The first kappa shape index (κ1) is 15.8. The first-order chi connectivity index (χ1) is 11.6. The van der Waals surface area contributed by atoms with Crippen molar-refractivity contribution in [3.8, 4) is 0 Å². The number of para-hydroxylation sites is 1. The molecule has 0 N–H and O–H groups in total. The van der Waals surface area contributed by atoms with E-state index in [-0.39, 0.29) is 17.9 Å². The van der Waals surface area contributed by atoms with Crippen molar-refractivity contribution in [3.05, 3.63) is 34.7 Å². The molecule has 5 nitrogen and oxygen atoms in total. The van der Waals surface area contributed by atoms with Crippen LogP contribution < -0.4 is 4.90 Å². The van der Waals surface area contributed by atoms with E-state index in [1.807, 2.05) is 24.3 Å². The standard InChI is InChI=1S/C17H16N2O3S2/c1-18-12-7-3-2-6-11(12)13(15(18)20)14-16(21)19(17(23)24-14)9-10-5-4-8-22-10/h2-3,6-7,10H,4-5,8-9H2,1H3/b14-13+. The molecule has 1 atom stereocenters. The first-order valence-corrected chi connectivity index (χ1v) is 9.07. The molecule has 0 aliphatic carbocycles. The summed E-state index contributed by atoms with van der Waals surface area (Å²) in [5, 5.41) is 0. The molecule has 1 unspecified atom stereocenters. The number of hydrogen-bond donors (Lipinski definition) is 0. The van der Waals surface area contributed by atoms with Gasteiger partial charge in [0.15, 0.2) is 0 Å². The Balaban J connectivity index is 1.71. The summed E-state index contributed by atoms with van der Waals surface area (Å²) in [4.78, 5) is 29.1. The topological polar surface area (TPSA) is 49.9 Å². The number of carbonyl (C=O) groups excluding carboxylic acids is 2. The number of likely N-dealkylation sites (N-methyl/N-ethyl adjacent to an activating group) is 1. The minimum absolute atomic E-state index is 0.0334. The van der Waals surface area contributed by atoms with Gasteiger partial charge in [-0.05, 0) is 18.9 Å². The molecule has 1 aromatic carbocycles. The normalized spacial score (nSPS) is 26.7. The van der Waals surface area contributed by atoms with Crippen LogP contribution in [0.25, 0.3) is 5.57 Å². The number of carbonyl (C=O) groups is 2. The van der Waals surface area contributed by atoms with Crippen LogP contribution in [0.1, 0.15) is 18.4 Å². The molecule has 1 aromatic rings. The summed E-state index contributed by atoms with van der Waals surface area (Å²) in [6.07, 6.45) is 1.98. The van der Waals surface area contributed by atoms with Gasteiger partial charge < -0.3 is 9.64 Å². The van der Waals surface area contributed by atoms with E-state index < -0.39 is 0 Å². The molecule has 0 saturated carbocycles. The highest BCUT2D eigenvalue weighted by molar-refractivity contribution is 8.26. The van der Waals surface area contributed by atoms with Gasteiger partial charge in [-0.15, -0.1) is 0 Å². The smallest absolute Gasteiger partial charge is 0.267 e. The molecule has 3 aliphatic rings. The Morgan fingerprint density at radius 3 is 2.83 bits per heavy atom. The zero-order chi connectivity index (χ0) is 16.8. The summed E-state index contributed by atoms with van der Waals surface area (Å²) >= 11 is 6.60. The summed E-state index contributed by atoms with van der Waals surface area (Å²) in [5.74, 6) is -0.345. The van der Waals surface area contributed by atoms with Gasteiger partial charge in [-0.25, -0.2) is 0 Å². The van der Waals surface area contributed by atoms with E-state index in [1.165, 1.54) is 11.8 Å².